The lowest BCUT2D eigenvalue weighted by atomic mass is 10.1. The second-order valence-electron chi connectivity index (χ2n) is 5.33. The van der Waals surface area contributed by atoms with Gasteiger partial charge in [-0.05, 0) is 61.1 Å². The molecule has 0 aromatic heterocycles. The molecule has 0 aliphatic carbocycles. The highest BCUT2D eigenvalue weighted by Gasteiger charge is 1.99. The summed E-state index contributed by atoms with van der Waals surface area (Å²) in [6.45, 7) is 9.90. The fraction of sp³-hybridized carbons (Fsp3) is 0.333. The topological polar surface area (TPSA) is 9.23 Å². The first-order valence-electron chi connectivity index (χ1n) is 6.76. The average Bonchev–Trinajstić information content (AvgIpc) is 2.38. The van der Waals surface area contributed by atoms with Crippen LogP contribution in [-0.4, -0.2) is 0 Å². The SMILES string of the molecule is Cc1ccc(COCc2ccc(C)c(C)c2)cc1C. The Bertz CT molecular complexity index is 518. The third kappa shape index (κ3) is 3.68. The van der Waals surface area contributed by atoms with Crippen molar-refractivity contribution >= 4 is 0 Å². The molecule has 0 saturated carbocycles. The van der Waals surface area contributed by atoms with Crippen molar-refractivity contribution in [2.45, 2.75) is 40.9 Å². The zero-order chi connectivity index (χ0) is 13.8. The number of benzene rings is 2. The molecule has 2 rings (SSSR count). The van der Waals surface area contributed by atoms with Crippen LogP contribution >= 0.6 is 0 Å². The smallest absolute Gasteiger partial charge is 0.0721 e. The minimum Gasteiger partial charge on any atom is -0.372 e. The predicted octanol–water partition coefficient (Wildman–Crippen LogP) is 4.64. The molecule has 0 saturated heterocycles. The Morgan fingerprint density at radius 1 is 0.632 bits per heavy atom. The van der Waals surface area contributed by atoms with E-state index in [0.29, 0.717) is 13.2 Å². The molecule has 0 spiro atoms. The van der Waals surface area contributed by atoms with Crippen molar-refractivity contribution in [3.05, 3.63) is 69.8 Å². The van der Waals surface area contributed by atoms with Crippen LogP contribution in [0.1, 0.15) is 33.4 Å². The second kappa shape index (κ2) is 6.03. The molecular weight excluding hydrogens is 232 g/mol. The van der Waals surface area contributed by atoms with Crippen LogP contribution in [0.4, 0.5) is 0 Å². The first-order valence-corrected chi connectivity index (χ1v) is 6.76. The third-order valence-corrected chi connectivity index (χ3v) is 3.68. The molecule has 1 nitrogen and oxygen atoms in total. The monoisotopic (exact) mass is 254 g/mol. The van der Waals surface area contributed by atoms with Crippen molar-refractivity contribution in [3.8, 4) is 0 Å². The van der Waals surface area contributed by atoms with Crippen molar-refractivity contribution in [2.75, 3.05) is 0 Å². The maximum atomic E-state index is 5.80. The molecule has 2 aromatic carbocycles. The highest BCUT2D eigenvalue weighted by molar-refractivity contribution is 5.30. The highest BCUT2D eigenvalue weighted by atomic mass is 16.5. The molecule has 1 heteroatoms. The summed E-state index contributed by atoms with van der Waals surface area (Å²) in [6.07, 6.45) is 0. The predicted molar refractivity (Wildman–Crippen MR) is 80.3 cm³/mol. The summed E-state index contributed by atoms with van der Waals surface area (Å²) in [5.41, 5.74) is 7.80. The molecule has 0 radical (unpaired) electrons. The van der Waals surface area contributed by atoms with Crippen LogP contribution in [-0.2, 0) is 18.0 Å². The number of rotatable bonds is 4. The summed E-state index contributed by atoms with van der Waals surface area (Å²) in [5, 5.41) is 0. The van der Waals surface area contributed by atoms with E-state index in [1.54, 1.807) is 0 Å². The maximum Gasteiger partial charge on any atom is 0.0721 e. The fourth-order valence-electron chi connectivity index (χ4n) is 2.07. The van der Waals surface area contributed by atoms with Crippen molar-refractivity contribution in [2.24, 2.45) is 0 Å². The van der Waals surface area contributed by atoms with Crippen molar-refractivity contribution in [3.63, 3.8) is 0 Å². The van der Waals surface area contributed by atoms with E-state index in [1.807, 2.05) is 0 Å². The van der Waals surface area contributed by atoms with Gasteiger partial charge in [0.25, 0.3) is 0 Å². The molecule has 0 heterocycles. The molecule has 100 valence electrons. The molecule has 0 fully saturated rings. The summed E-state index contributed by atoms with van der Waals surface area (Å²) in [5.74, 6) is 0. The molecule has 0 N–H and O–H groups in total. The molecular formula is C18H22O. The van der Waals surface area contributed by atoms with Crippen LogP contribution in [0, 0.1) is 27.7 Å². The van der Waals surface area contributed by atoms with E-state index in [4.69, 9.17) is 4.74 Å². The van der Waals surface area contributed by atoms with E-state index < -0.39 is 0 Å². The zero-order valence-corrected chi connectivity index (χ0v) is 12.3. The third-order valence-electron chi connectivity index (χ3n) is 3.68. The summed E-state index contributed by atoms with van der Waals surface area (Å²) in [4.78, 5) is 0. The van der Waals surface area contributed by atoms with Gasteiger partial charge in [-0.15, -0.1) is 0 Å². The van der Waals surface area contributed by atoms with Gasteiger partial charge in [-0.2, -0.15) is 0 Å². The largest absolute Gasteiger partial charge is 0.372 e. The molecule has 0 atom stereocenters. The van der Waals surface area contributed by atoms with Gasteiger partial charge in [0, 0.05) is 0 Å². The Labute approximate surface area is 116 Å². The van der Waals surface area contributed by atoms with Crippen LogP contribution in [0.3, 0.4) is 0 Å². The van der Waals surface area contributed by atoms with Crippen molar-refractivity contribution < 1.29 is 4.74 Å². The van der Waals surface area contributed by atoms with Crippen LogP contribution in [0.2, 0.25) is 0 Å². The lowest BCUT2D eigenvalue weighted by Crippen LogP contribution is -1.96. The van der Waals surface area contributed by atoms with Gasteiger partial charge in [0.15, 0.2) is 0 Å². The van der Waals surface area contributed by atoms with Gasteiger partial charge in [0.05, 0.1) is 13.2 Å². The van der Waals surface area contributed by atoms with Gasteiger partial charge < -0.3 is 4.74 Å². The van der Waals surface area contributed by atoms with Gasteiger partial charge in [-0.25, -0.2) is 0 Å². The van der Waals surface area contributed by atoms with Crippen molar-refractivity contribution in [1.29, 1.82) is 0 Å². The second-order valence-corrected chi connectivity index (χ2v) is 5.33. The minimum atomic E-state index is 0.675. The number of hydrogen-bond acceptors (Lipinski definition) is 1. The maximum absolute atomic E-state index is 5.80. The Kier molecular flexibility index (Phi) is 4.39. The van der Waals surface area contributed by atoms with Crippen LogP contribution in [0.5, 0.6) is 0 Å². The fourth-order valence-corrected chi connectivity index (χ4v) is 2.07. The van der Waals surface area contributed by atoms with E-state index in [2.05, 4.69) is 64.1 Å². The molecule has 0 aliphatic heterocycles. The van der Waals surface area contributed by atoms with Crippen molar-refractivity contribution in [1.82, 2.24) is 0 Å². The minimum absolute atomic E-state index is 0.675. The van der Waals surface area contributed by atoms with Gasteiger partial charge in [0.2, 0.25) is 0 Å². The highest BCUT2D eigenvalue weighted by Crippen LogP contribution is 2.13. The van der Waals surface area contributed by atoms with E-state index >= 15 is 0 Å². The normalized spacial score (nSPS) is 10.7. The number of hydrogen-bond donors (Lipinski definition) is 0. The van der Waals surface area contributed by atoms with E-state index in [-0.39, 0.29) is 0 Å². The Balaban J connectivity index is 1.92. The molecule has 2 aromatic rings. The van der Waals surface area contributed by atoms with Crippen LogP contribution in [0.25, 0.3) is 0 Å². The first kappa shape index (κ1) is 13.8. The zero-order valence-electron chi connectivity index (χ0n) is 12.3. The lowest BCUT2D eigenvalue weighted by molar-refractivity contribution is 0.107. The summed E-state index contributed by atoms with van der Waals surface area (Å²) in [6, 6.07) is 13.0. The van der Waals surface area contributed by atoms with E-state index in [9.17, 15) is 0 Å². The lowest BCUT2D eigenvalue weighted by Gasteiger charge is -2.08. The Morgan fingerprint density at radius 3 is 1.42 bits per heavy atom. The molecule has 19 heavy (non-hydrogen) atoms. The average molecular weight is 254 g/mol. The Morgan fingerprint density at radius 2 is 1.05 bits per heavy atom. The van der Waals surface area contributed by atoms with Gasteiger partial charge in [-0.3, -0.25) is 0 Å². The van der Waals surface area contributed by atoms with Crippen LogP contribution < -0.4 is 0 Å². The van der Waals surface area contributed by atoms with Gasteiger partial charge in [0.1, 0.15) is 0 Å². The molecule has 0 amide bonds. The first-order chi connectivity index (χ1) is 9.06. The quantitative estimate of drug-likeness (QED) is 0.772. The van der Waals surface area contributed by atoms with Gasteiger partial charge >= 0.3 is 0 Å². The molecule has 0 bridgehead atoms. The standard InChI is InChI=1S/C18H22O/c1-13-5-7-17(9-15(13)3)11-19-12-18-8-6-14(2)16(4)10-18/h5-10H,11-12H2,1-4H3. The summed E-state index contributed by atoms with van der Waals surface area (Å²) >= 11 is 0. The summed E-state index contributed by atoms with van der Waals surface area (Å²) < 4.78 is 5.80. The van der Waals surface area contributed by atoms with Crippen LogP contribution in [0.15, 0.2) is 36.4 Å². The Hall–Kier alpha value is -1.60. The molecule has 0 aliphatic rings. The number of ether oxygens (including phenoxy) is 1. The molecule has 0 unspecified atom stereocenters. The number of aryl methyl sites for hydroxylation is 4. The van der Waals surface area contributed by atoms with Gasteiger partial charge in [-0.1, -0.05) is 36.4 Å². The van der Waals surface area contributed by atoms with E-state index in [1.165, 1.54) is 33.4 Å². The summed E-state index contributed by atoms with van der Waals surface area (Å²) in [7, 11) is 0. The van der Waals surface area contributed by atoms with E-state index in [0.717, 1.165) is 0 Å².